The maximum Gasteiger partial charge on any atom is 0.00414 e. The molecule has 0 spiro atoms. The second kappa shape index (κ2) is 7.38. The van der Waals surface area contributed by atoms with Gasteiger partial charge in [-0.25, -0.2) is 0 Å². The summed E-state index contributed by atoms with van der Waals surface area (Å²) < 4.78 is 0. The van der Waals surface area contributed by atoms with E-state index in [4.69, 9.17) is 0 Å². The Morgan fingerprint density at radius 3 is 2.11 bits per heavy atom. The molecule has 100 valence electrons. The fourth-order valence-corrected chi connectivity index (χ4v) is 2.52. The minimum atomic E-state index is 0.608. The van der Waals surface area contributed by atoms with Crippen molar-refractivity contribution in [1.29, 1.82) is 0 Å². The van der Waals surface area contributed by atoms with Gasteiger partial charge in [0.15, 0.2) is 0 Å². The Balaban J connectivity index is 2.69. The Morgan fingerprint density at radius 1 is 1.06 bits per heavy atom. The fraction of sp³-hybridized carbons (Fsp3) is 0.529. The molecule has 0 N–H and O–H groups in total. The molecule has 18 heavy (non-hydrogen) atoms. The van der Waals surface area contributed by atoms with Crippen LogP contribution in [0.15, 0.2) is 36.9 Å². The van der Waals surface area contributed by atoms with Crippen molar-refractivity contribution in [3.63, 3.8) is 0 Å². The Hall–Kier alpha value is -1.08. The van der Waals surface area contributed by atoms with E-state index < -0.39 is 0 Å². The molecule has 0 aliphatic heterocycles. The zero-order chi connectivity index (χ0) is 13.5. The summed E-state index contributed by atoms with van der Waals surface area (Å²) >= 11 is 0. The predicted octanol–water partition coefficient (Wildman–Crippen LogP) is 4.08. The first-order chi connectivity index (χ1) is 8.56. The molecule has 0 bridgehead atoms. The van der Waals surface area contributed by atoms with Gasteiger partial charge in [-0.05, 0) is 51.7 Å². The second-order valence-electron chi connectivity index (χ2n) is 5.44. The molecule has 0 aromatic heterocycles. The van der Waals surface area contributed by atoms with Crippen LogP contribution >= 0.6 is 0 Å². The van der Waals surface area contributed by atoms with Crippen molar-refractivity contribution in [2.45, 2.75) is 52.6 Å². The molecule has 0 aliphatic carbocycles. The van der Waals surface area contributed by atoms with Crippen LogP contribution in [0, 0.1) is 0 Å². The highest BCUT2D eigenvalue weighted by Gasteiger charge is 2.13. The predicted molar refractivity (Wildman–Crippen MR) is 81.0 cm³/mol. The third-order valence-corrected chi connectivity index (χ3v) is 3.45. The lowest BCUT2D eigenvalue weighted by Crippen LogP contribution is -2.38. The molecular weight excluding hydrogens is 218 g/mol. The van der Waals surface area contributed by atoms with E-state index in [0.717, 1.165) is 19.4 Å². The van der Waals surface area contributed by atoms with Crippen LogP contribution in [0.4, 0.5) is 0 Å². The minimum Gasteiger partial charge on any atom is -0.298 e. The van der Waals surface area contributed by atoms with Crippen LogP contribution in [0.25, 0.3) is 0 Å². The minimum absolute atomic E-state index is 0.608. The first-order valence-corrected chi connectivity index (χ1v) is 6.99. The molecule has 1 rings (SSSR count). The van der Waals surface area contributed by atoms with E-state index in [2.05, 4.69) is 63.4 Å². The van der Waals surface area contributed by atoms with Crippen LogP contribution < -0.4 is 0 Å². The fourth-order valence-electron chi connectivity index (χ4n) is 2.52. The number of hydrogen-bond donors (Lipinski definition) is 0. The van der Waals surface area contributed by atoms with E-state index in [9.17, 15) is 0 Å². The van der Waals surface area contributed by atoms with Crippen LogP contribution in [0.5, 0.6) is 0 Å². The van der Waals surface area contributed by atoms with Crippen molar-refractivity contribution in [1.82, 2.24) is 4.90 Å². The lowest BCUT2D eigenvalue weighted by molar-refractivity contribution is 0.177. The average Bonchev–Trinajstić information content (AvgIpc) is 2.31. The van der Waals surface area contributed by atoms with Crippen molar-refractivity contribution < 1.29 is 0 Å². The summed E-state index contributed by atoms with van der Waals surface area (Å²) in [6.45, 7) is 14.1. The van der Waals surface area contributed by atoms with Gasteiger partial charge >= 0.3 is 0 Å². The number of hydrogen-bond acceptors (Lipinski definition) is 1. The molecule has 0 saturated heterocycles. The van der Waals surface area contributed by atoms with Crippen molar-refractivity contribution in [3.8, 4) is 0 Å². The van der Waals surface area contributed by atoms with Gasteiger partial charge in [-0.15, -0.1) is 6.58 Å². The standard InChI is InChI=1S/C17H27N/c1-6-9-16-10-7-8-11-17(16)12-13-18(14(2)3)15(4)5/h6-8,10-11,14-15H,1,9,12-13H2,2-5H3. The van der Waals surface area contributed by atoms with Crippen LogP contribution in [0.3, 0.4) is 0 Å². The Kier molecular flexibility index (Phi) is 6.14. The molecule has 1 aromatic rings. The first kappa shape index (κ1) is 15.0. The van der Waals surface area contributed by atoms with Gasteiger partial charge in [0.2, 0.25) is 0 Å². The lowest BCUT2D eigenvalue weighted by atomic mass is 10.0. The molecular formula is C17H27N. The van der Waals surface area contributed by atoms with Crippen LogP contribution in [-0.2, 0) is 12.8 Å². The molecule has 0 aliphatic rings. The summed E-state index contributed by atoms with van der Waals surface area (Å²) in [6, 6.07) is 9.93. The summed E-state index contributed by atoms with van der Waals surface area (Å²) in [4.78, 5) is 2.55. The van der Waals surface area contributed by atoms with Gasteiger partial charge in [0.25, 0.3) is 0 Å². The normalized spacial score (nSPS) is 11.5. The number of allylic oxidation sites excluding steroid dienone is 1. The smallest absolute Gasteiger partial charge is 0.00414 e. The summed E-state index contributed by atoms with van der Waals surface area (Å²) in [6.07, 6.45) is 4.08. The quantitative estimate of drug-likeness (QED) is 0.654. The summed E-state index contributed by atoms with van der Waals surface area (Å²) in [5, 5.41) is 0. The molecule has 0 amide bonds. The SMILES string of the molecule is C=CCc1ccccc1CCN(C(C)C)C(C)C. The van der Waals surface area contributed by atoms with Gasteiger partial charge in [-0.1, -0.05) is 30.3 Å². The third-order valence-electron chi connectivity index (χ3n) is 3.45. The van der Waals surface area contributed by atoms with Crippen LogP contribution in [-0.4, -0.2) is 23.5 Å². The van der Waals surface area contributed by atoms with Gasteiger partial charge in [0.05, 0.1) is 0 Å². The molecule has 0 radical (unpaired) electrons. The number of benzene rings is 1. The Morgan fingerprint density at radius 2 is 1.61 bits per heavy atom. The monoisotopic (exact) mass is 245 g/mol. The first-order valence-electron chi connectivity index (χ1n) is 6.99. The molecule has 0 fully saturated rings. The van der Waals surface area contributed by atoms with E-state index in [0.29, 0.717) is 12.1 Å². The highest BCUT2D eigenvalue weighted by molar-refractivity contribution is 5.29. The highest BCUT2D eigenvalue weighted by Crippen LogP contribution is 2.13. The Labute approximate surface area is 113 Å². The zero-order valence-corrected chi connectivity index (χ0v) is 12.3. The maximum atomic E-state index is 3.84. The van der Waals surface area contributed by atoms with Gasteiger partial charge in [0, 0.05) is 18.6 Å². The van der Waals surface area contributed by atoms with Gasteiger partial charge < -0.3 is 0 Å². The van der Waals surface area contributed by atoms with Crippen molar-refractivity contribution in [2.24, 2.45) is 0 Å². The summed E-state index contributed by atoms with van der Waals surface area (Å²) in [5.41, 5.74) is 2.88. The number of rotatable bonds is 7. The number of nitrogens with zero attached hydrogens (tertiary/aromatic N) is 1. The van der Waals surface area contributed by atoms with E-state index in [1.54, 1.807) is 0 Å². The molecule has 0 unspecified atom stereocenters. The summed E-state index contributed by atoms with van der Waals surface area (Å²) in [7, 11) is 0. The second-order valence-corrected chi connectivity index (χ2v) is 5.44. The van der Waals surface area contributed by atoms with Gasteiger partial charge in [0.1, 0.15) is 0 Å². The average molecular weight is 245 g/mol. The lowest BCUT2D eigenvalue weighted by Gasteiger charge is -2.30. The van der Waals surface area contributed by atoms with E-state index in [1.807, 2.05) is 6.08 Å². The largest absolute Gasteiger partial charge is 0.298 e. The molecule has 1 aromatic carbocycles. The topological polar surface area (TPSA) is 3.24 Å². The molecule has 0 saturated carbocycles. The van der Waals surface area contributed by atoms with E-state index in [-0.39, 0.29) is 0 Å². The highest BCUT2D eigenvalue weighted by atomic mass is 15.2. The van der Waals surface area contributed by atoms with E-state index >= 15 is 0 Å². The molecule has 1 nitrogen and oxygen atoms in total. The van der Waals surface area contributed by atoms with Crippen LogP contribution in [0.1, 0.15) is 38.8 Å². The third kappa shape index (κ3) is 4.30. The Bertz CT molecular complexity index is 358. The van der Waals surface area contributed by atoms with Gasteiger partial charge in [-0.3, -0.25) is 4.90 Å². The molecule has 0 atom stereocenters. The van der Waals surface area contributed by atoms with Crippen LogP contribution in [0.2, 0.25) is 0 Å². The maximum absolute atomic E-state index is 3.84. The van der Waals surface area contributed by atoms with Gasteiger partial charge in [-0.2, -0.15) is 0 Å². The zero-order valence-electron chi connectivity index (χ0n) is 12.3. The van der Waals surface area contributed by atoms with E-state index in [1.165, 1.54) is 11.1 Å². The summed E-state index contributed by atoms with van der Waals surface area (Å²) in [5.74, 6) is 0. The van der Waals surface area contributed by atoms with Crippen molar-refractivity contribution in [2.75, 3.05) is 6.54 Å². The molecule has 0 heterocycles. The molecule has 1 heteroatoms. The van der Waals surface area contributed by atoms with Crippen molar-refractivity contribution in [3.05, 3.63) is 48.0 Å². The van der Waals surface area contributed by atoms with Crippen molar-refractivity contribution >= 4 is 0 Å².